The fraction of sp³-hybridized carbons (Fsp3) is 1.00. The molecule has 0 aromatic heterocycles. The first-order valence-corrected chi connectivity index (χ1v) is 7.43. The van der Waals surface area contributed by atoms with Gasteiger partial charge in [-0.1, -0.05) is 6.92 Å². The van der Waals surface area contributed by atoms with Gasteiger partial charge in [-0.3, -0.25) is 0 Å². The van der Waals surface area contributed by atoms with Crippen LogP contribution in [0, 0.1) is 0 Å². The summed E-state index contributed by atoms with van der Waals surface area (Å²) in [4.78, 5) is 0. The minimum atomic E-state index is -7.43. The first kappa shape index (κ1) is 25.5. The lowest BCUT2D eigenvalue weighted by Crippen LogP contribution is -2.63. The van der Waals surface area contributed by atoms with Crippen LogP contribution in [0.15, 0.2) is 0 Å². The summed E-state index contributed by atoms with van der Waals surface area (Å²) in [5.41, 5.74) is 0. The van der Waals surface area contributed by atoms with Gasteiger partial charge in [-0.15, -0.1) is 0 Å². The minimum absolute atomic E-state index is 1.09. The smallest absolute Gasteiger partial charge is 0.460 e. The van der Waals surface area contributed by atoms with Crippen LogP contribution in [0.4, 0.5) is 39.5 Å². The molecule has 24 heavy (non-hydrogen) atoms. The SMILES string of the molecule is CCC[N+](C)(C)C.O=S(=O)([O-])C(F)(F)C(F)(F)C(F)(F)C(F)(F)F. The van der Waals surface area contributed by atoms with E-state index < -0.39 is 33.4 Å². The Labute approximate surface area is 132 Å². The normalized spacial score (nSPS) is 14.9. The van der Waals surface area contributed by atoms with Crippen molar-refractivity contribution >= 4 is 10.1 Å². The molecule has 0 aliphatic carbocycles. The second kappa shape index (κ2) is 7.23. The number of halogens is 9. The number of nitrogens with zero attached hydrogens (tertiary/aromatic N) is 1. The summed E-state index contributed by atoms with van der Waals surface area (Å²) in [6.45, 7) is 3.49. The molecule has 0 saturated heterocycles. The van der Waals surface area contributed by atoms with Crippen LogP contribution >= 0.6 is 0 Å². The third kappa shape index (κ3) is 5.65. The Balaban J connectivity index is 0. The molecule has 0 aliphatic rings. The highest BCUT2D eigenvalue weighted by molar-refractivity contribution is 7.86. The topological polar surface area (TPSA) is 57.2 Å². The lowest BCUT2D eigenvalue weighted by atomic mass is 10.1. The molecule has 148 valence electrons. The van der Waals surface area contributed by atoms with Crippen molar-refractivity contribution in [3.63, 3.8) is 0 Å². The highest BCUT2D eigenvalue weighted by Crippen LogP contribution is 2.54. The van der Waals surface area contributed by atoms with E-state index in [4.69, 9.17) is 0 Å². The van der Waals surface area contributed by atoms with Crippen molar-refractivity contribution in [1.82, 2.24) is 0 Å². The number of hydrogen-bond acceptors (Lipinski definition) is 3. The molecule has 0 atom stereocenters. The van der Waals surface area contributed by atoms with Gasteiger partial charge in [0.25, 0.3) is 0 Å². The Kier molecular flexibility index (Phi) is 7.68. The Hall–Kier alpha value is -0.760. The van der Waals surface area contributed by atoms with Crippen LogP contribution in [-0.4, -0.2) is 68.4 Å². The van der Waals surface area contributed by atoms with E-state index in [0.29, 0.717) is 0 Å². The molecule has 14 heteroatoms. The zero-order valence-electron chi connectivity index (χ0n) is 12.9. The lowest BCUT2D eigenvalue weighted by molar-refractivity contribution is -0.870. The van der Waals surface area contributed by atoms with Crippen molar-refractivity contribution in [2.45, 2.75) is 36.6 Å². The molecule has 0 radical (unpaired) electrons. The van der Waals surface area contributed by atoms with Gasteiger partial charge in [0.15, 0.2) is 10.1 Å². The summed E-state index contributed by atoms with van der Waals surface area (Å²) < 4.78 is 137. The molecule has 0 aromatic carbocycles. The fourth-order valence-corrected chi connectivity index (χ4v) is 1.63. The summed E-state index contributed by atoms with van der Waals surface area (Å²) in [5, 5.41) is -7.11. The van der Waals surface area contributed by atoms with Crippen LogP contribution in [0.25, 0.3) is 0 Å². The summed E-state index contributed by atoms with van der Waals surface area (Å²) in [7, 11) is -0.781. The van der Waals surface area contributed by atoms with Crippen molar-refractivity contribution in [2.24, 2.45) is 0 Å². The van der Waals surface area contributed by atoms with E-state index in [9.17, 15) is 52.5 Å². The third-order valence-corrected chi connectivity index (χ3v) is 3.21. The molecule has 0 unspecified atom stereocenters. The molecule has 4 nitrogen and oxygen atoms in total. The molecule has 0 bridgehead atoms. The van der Waals surface area contributed by atoms with E-state index in [2.05, 4.69) is 28.1 Å². The molecule has 0 aromatic rings. The van der Waals surface area contributed by atoms with E-state index in [1.807, 2.05) is 0 Å². The molecule has 0 rings (SSSR count). The van der Waals surface area contributed by atoms with Gasteiger partial charge in [0.05, 0.1) is 27.7 Å². The molecule has 0 N–H and O–H groups in total. The van der Waals surface area contributed by atoms with Gasteiger partial charge in [0.1, 0.15) is 0 Å². The van der Waals surface area contributed by atoms with Gasteiger partial charge < -0.3 is 9.04 Å². The van der Waals surface area contributed by atoms with Gasteiger partial charge in [-0.25, -0.2) is 8.42 Å². The first-order chi connectivity index (χ1) is 10.1. The number of quaternary nitrogens is 1. The van der Waals surface area contributed by atoms with Crippen LogP contribution in [0.1, 0.15) is 13.3 Å². The highest BCUT2D eigenvalue weighted by atomic mass is 32.2. The van der Waals surface area contributed by atoms with Crippen LogP contribution < -0.4 is 0 Å². The number of rotatable bonds is 5. The zero-order valence-corrected chi connectivity index (χ0v) is 13.7. The van der Waals surface area contributed by atoms with E-state index >= 15 is 0 Å². The van der Waals surface area contributed by atoms with Crippen molar-refractivity contribution in [3.8, 4) is 0 Å². The molecule has 0 aliphatic heterocycles. The molecule has 0 heterocycles. The van der Waals surface area contributed by atoms with Crippen molar-refractivity contribution in [2.75, 3.05) is 27.7 Å². The molecule has 0 spiro atoms. The highest BCUT2D eigenvalue weighted by Gasteiger charge is 2.83. The summed E-state index contributed by atoms with van der Waals surface area (Å²) in [6.07, 6.45) is -5.88. The Morgan fingerprint density at radius 1 is 0.833 bits per heavy atom. The number of alkyl halides is 9. The third-order valence-electron chi connectivity index (χ3n) is 2.32. The van der Waals surface area contributed by atoms with E-state index in [1.165, 1.54) is 13.0 Å². The standard InChI is InChI=1S/C6H16N.C4HF9O3S/c1-5-6-7(2,3)4;5-1(6,3(9,10)11)2(7,8)4(12,13)17(14,15)16/h5-6H2,1-4H3;(H,14,15,16)/q+1;/p-1. The van der Waals surface area contributed by atoms with Gasteiger partial charge in [0.2, 0.25) is 0 Å². The van der Waals surface area contributed by atoms with Gasteiger partial charge in [-0.2, -0.15) is 39.5 Å². The van der Waals surface area contributed by atoms with Crippen LogP contribution in [0.2, 0.25) is 0 Å². The van der Waals surface area contributed by atoms with Gasteiger partial charge in [-0.05, 0) is 6.42 Å². The molecule has 0 amide bonds. The molecule has 0 saturated carbocycles. The maximum atomic E-state index is 12.2. The number of hydrogen-bond donors (Lipinski definition) is 0. The van der Waals surface area contributed by atoms with Crippen molar-refractivity contribution in [1.29, 1.82) is 0 Å². The predicted octanol–water partition coefficient (Wildman–Crippen LogP) is 3.06. The maximum absolute atomic E-state index is 12.2. The summed E-state index contributed by atoms with van der Waals surface area (Å²) in [5.74, 6) is -14.8. The first-order valence-electron chi connectivity index (χ1n) is 6.02. The average molecular weight is 401 g/mol. The average Bonchev–Trinajstić information content (AvgIpc) is 2.24. The van der Waals surface area contributed by atoms with Crippen LogP contribution in [0.3, 0.4) is 0 Å². The second-order valence-electron chi connectivity index (χ2n) is 5.63. The minimum Gasteiger partial charge on any atom is -0.743 e. The second-order valence-corrected chi connectivity index (χ2v) is 7.05. The monoisotopic (exact) mass is 401 g/mol. The Bertz CT molecular complexity index is 509. The van der Waals surface area contributed by atoms with E-state index in [-0.39, 0.29) is 0 Å². The summed E-state index contributed by atoms with van der Waals surface area (Å²) in [6, 6.07) is 0. The van der Waals surface area contributed by atoms with E-state index in [1.54, 1.807) is 0 Å². The van der Waals surface area contributed by atoms with Crippen molar-refractivity contribution < 1.29 is 57.0 Å². The van der Waals surface area contributed by atoms with E-state index in [0.717, 1.165) is 4.48 Å². The van der Waals surface area contributed by atoms with Crippen molar-refractivity contribution in [3.05, 3.63) is 0 Å². The lowest BCUT2D eigenvalue weighted by Gasteiger charge is -2.34. The molecule has 0 fully saturated rings. The quantitative estimate of drug-likeness (QED) is 0.404. The molecular formula is C10H16F9NO3S. The Morgan fingerprint density at radius 2 is 1.17 bits per heavy atom. The summed E-state index contributed by atoms with van der Waals surface area (Å²) >= 11 is 0. The predicted molar refractivity (Wildman–Crippen MR) is 63.8 cm³/mol. The largest absolute Gasteiger partial charge is 0.743 e. The fourth-order valence-electron chi connectivity index (χ4n) is 1.19. The Morgan fingerprint density at radius 3 is 1.29 bits per heavy atom. The maximum Gasteiger partial charge on any atom is 0.460 e. The van der Waals surface area contributed by atoms with Gasteiger partial charge >= 0.3 is 23.3 Å². The van der Waals surface area contributed by atoms with Gasteiger partial charge in [0, 0.05) is 0 Å². The molecular weight excluding hydrogens is 385 g/mol. The van der Waals surface area contributed by atoms with Crippen LogP contribution in [-0.2, 0) is 10.1 Å². The zero-order chi connectivity index (χ0) is 20.4. The van der Waals surface area contributed by atoms with Crippen LogP contribution in [0.5, 0.6) is 0 Å².